The predicted molar refractivity (Wildman–Crippen MR) is 64.4 cm³/mol. The van der Waals surface area contributed by atoms with Gasteiger partial charge in [-0.15, -0.1) is 0 Å². The van der Waals surface area contributed by atoms with E-state index < -0.39 is 5.41 Å². The van der Waals surface area contributed by atoms with Crippen LogP contribution >= 0.6 is 15.9 Å². The molecule has 0 atom stereocenters. The number of carbonyl (C=O) groups is 1. The van der Waals surface area contributed by atoms with Crippen molar-refractivity contribution in [1.82, 2.24) is 10.9 Å². The molecule has 1 amide bonds. The minimum atomic E-state index is -0.566. The first-order valence-electron chi connectivity index (χ1n) is 4.72. The van der Waals surface area contributed by atoms with E-state index in [1.807, 2.05) is 38.1 Å². The van der Waals surface area contributed by atoms with Crippen LogP contribution in [-0.2, 0) is 10.2 Å². The van der Waals surface area contributed by atoms with Crippen LogP contribution in [0.1, 0.15) is 19.4 Å². The van der Waals surface area contributed by atoms with Gasteiger partial charge in [0.2, 0.25) is 5.91 Å². The number of carbonyl (C=O) groups excluding carboxylic acids is 1. The molecule has 0 spiro atoms. The minimum absolute atomic E-state index is 0.0584. The van der Waals surface area contributed by atoms with Crippen LogP contribution in [0.3, 0.4) is 0 Å². The number of hydrogen-bond donors (Lipinski definition) is 2. The molecule has 0 radical (unpaired) electrons. The fraction of sp³-hybridized carbons (Fsp3) is 0.364. The Morgan fingerprint density at radius 1 is 1.33 bits per heavy atom. The van der Waals surface area contributed by atoms with E-state index in [9.17, 15) is 4.79 Å². The van der Waals surface area contributed by atoms with E-state index >= 15 is 0 Å². The average Bonchev–Trinajstić information content (AvgIpc) is 2.18. The first-order chi connectivity index (χ1) is 7.00. The third-order valence-electron chi connectivity index (χ3n) is 2.35. The molecular weight excluding hydrogens is 256 g/mol. The van der Waals surface area contributed by atoms with E-state index in [1.54, 1.807) is 7.05 Å². The van der Waals surface area contributed by atoms with Crippen molar-refractivity contribution in [2.45, 2.75) is 19.3 Å². The molecule has 0 saturated heterocycles. The second-order valence-electron chi connectivity index (χ2n) is 3.81. The van der Waals surface area contributed by atoms with Crippen LogP contribution in [0.2, 0.25) is 0 Å². The largest absolute Gasteiger partial charge is 0.291 e. The molecule has 0 aliphatic heterocycles. The molecule has 0 aliphatic rings. The van der Waals surface area contributed by atoms with Crippen LogP contribution in [0, 0.1) is 0 Å². The predicted octanol–water partition coefficient (Wildman–Crippen LogP) is 1.98. The zero-order chi connectivity index (χ0) is 11.5. The molecule has 0 unspecified atom stereocenters. The zero-order valence-corrected chi connectivity index (χ0v) is 10.7. The first kappa shape index (κ1) is 12.2. The van der Waals surface area contributed by atoms with Gasteiger partial charge in [0, 0.05) is 11.5 Å². The lowest BCUT2D eigenvalue weighted by atomic mass is 9.84. The van der Waals surface area contributed by atoms with Crippen molar-refractivity contribution >= 4 is 21.8 Å². The number of benzene rings is 1. The Morgan fingerprint density at radius 3 is 2.47 bits per heavy atom. The Morgan fingerprint density at radius 2 is 1.93 bits per heavy atom. The van der Waals surface area contributed by atoms with E-state index in [0.29, 0.717) is 0 Å². The third kappa shape index (κ3) is 2.58. The summed E-state index contributed by atoms with van der Waals surface area (Å²) in [6.45, 7) is 3.78. The number of amides is 1. The number of rotatable bonds is 3. The molecule has 15 heavy (non-hydrogen) atoms. The maximum atomic E-state index is 11.8. The lowest BCUT2D eigenvalue weighted by Gasteiger charge is -2.24. The Hall–Kier alpha value is -0.870. The van der Waals surface area contributed by atoms with Crippen LogP contribution in [0.5, 0.6) is 0 Å². The van der Waals surface area contributed by atoms with E-state index in [4.69, 9.17) is 0 Å². The lowest BCUT2D eigenvalue weighted by molar-refractivity contribution is -0.126. The summed E-state index contributed by atoms with van der Waals surface area (Å²) in [5.74, 6) is -0.0584. The fourth-order valence-electron chi connectivity index (χ4n) is 1.36. The topological polar surface area (TPSA) is 41.1 Å². The number of halogens is 1. The van der Waals surface area contributed by atoms with Gasteiger partial charge in [-0.25, -0.2) is 5.43 Å². The molecule has 1 aromatic carbocycles. The van der Waals surface area contributed by atoms with Crippen LogP contribution < -0.4 is 10.9 Å². The summed E-state index contributed by atoms with van der Waals surface area (Å²) in [5, 5.41) is 0. The summed E-state index contributed by atoms with van der Waals surface area (Å²) in [5.41, 5.74) is 5.65. The van der Waals surface area contributed by atoms with Gasteiger partial charge >= 0.3 is 0 Å². The molecule has 0 bridgehead atoms. The highest BCUT2D eigenvalue weighted by molar-refractivity contribution is 9.10. The van der Waals surface area contributed by atoms with Gasteiger partial charge in [0.15, 0.2) is 0 Å². The normalized spacial score (nSPS) is 11.2. The molecule has 0 saturated carbocycles. The molecule has 3 nitrogen and oxygen atoms in total. The molecule has 2 N–H and O–H groups in total. The van der Waals surface area contributed by atoms with Crippen molar-refractivity contribution in [3.8, 4) is 0 Å². The highest BCUT2D eigenvalue weighted by Gasteiger charge is 2.30. The van der Waals surface area contributed by atoms with E-state index in [-0.39, 0.29) is 5.91 Å². The summed E-state index contributed by atoms with van der Waals surface area (Å²) in [6, 6.07) is 7.73. The van der Waals surface area contributed by atoms with E-state index in [2.05, 4.69) is 26.8 Å². The second-order valence-corrected chi connectivity index (χ2v) is 4.66. The number of hydrazine groups is 1. The summed E-state index contributed by atoms with van der Waals surface area (Å²) >= 11 is 3.45. The molecule has 0 heterocycles. The summed E-state index contributed by atoms with van der Waals surface area (Å²) in [6.07, 6.45) is 0. The van der Waals surface area contributed by atoms with Crippen LogP contribution in [-0.4, -0.2) is 13.0 Å². The Labute approximate surface area is 98.4 Å². The minimum Gasteiger partial charge on any atom is -0.291 e. The van der Waals surface area contributed by atoms with Crippen molar-refractivity contribution in [3.05, 3.63) is 34.3 Å². The van der Waals surface area contributed by atoms with Crippen molar-refractivity contribution < 1.29 is 4.79 Å². The van der Waals surface area contributed by atoms with Gasteiger partial charge in [0.25, 0.3) is 0 Å². The molecule has 1 aromatic rings. The van der Waals surface area contributed by atoms with Gasteiger partial charge in [-0.3, -0.25) is 10.2 Å². The van der Waals surface area contributed by atoms with Crippen LogP contribution in [0.4, 0.5) is 0 Å². The van der Waals surface area contributed by atoms with E-state index in [1.165, 1.54) is 0 Å². The SMILES string of the molecule is CNNC(=O)C(C)(C)c1ccccc1Br. The lowest BCUT2D eigenvalue weighted by Crippen LogP contribution is -2.45. The molecular formula is C11H15BrN2O. The summed E-state index contributed by atoms with van der Waals surface area (Å²) in [4.78, 5) is 11.8. The van der Waals surface area contributed by atoms with Crippen molar-refractivity contribution in [3.63, 3.8) is 0 Å². The highest BCUT2D eigenvalue weighted by Crippen LogP contribution is 2.29. The molecule has 0 fully saturated rings. The Balaban J connectivity index is 3.05. The maximum Gasteiger partial charge on any atom is 0.244 e. The second kappa shape index (κ2) is 4.77. The number of hydrogen-bond acceptors (Lipinski definition) is 2. The maximum absolute atomic E-state index is 11.8. The third-order valence-corrected chi connectivity index (χ3v) is 3.04. The molecule has 0 aliphatic carbocycles. The number of nitrogens with one attached hydrogen (secondary N) is 2. The van der Waals surface area contributed by atoms with Crippen LogP contribution in [0.15, 0.2) is 28.7 Å². The van der Waals surface area contributed by atoms with Crippen molar-refractivity contribution in [2.24, 2.45) is 0 Å². The highest BCUT2D eigenvalue weighted by atomic mass is 79.9. The average molecular weight is 271 g/mol. The fourth-order valence-corrected chi connectivity index (χ4v) is 2.14. The van der Waals surface area contributed by atoms with Gasteiger partial charge in [0.1, 0.15) is 0 Å². The summed E-state index contributed by atoms with van der Waals surface area (Å²) < 4.78 is 0.946. The quantitative estimate of drug-likeness (QED) is 0.825. The standard InChI is InChI=1S/C11H15BrN2O/c1-11(2,10(15)14-13-3)8-6-4-5-7-9(8)12/h4-7,13H,1-3H3,(H,14,15). The Bertz CT molecular complexity index is 363. The first-order valence-corrected chi connectivity index (χ1v) is 5.51. The van der Waals surface area contributed by atoms with E-state index in [0.717, 1.165) is 10.0 Å². The molecule has 82 valence electrons. The summed E-state index contributed by atoms with van der Waals surface area (Å²) in [7, 11) is 1.67. The van der Waals surface area contributed by atoms with Crippen LogP contribution in [0.25, 0.3) is 0 Å². The van der Waals surface area contributed by atoms with Gasteiger partial charge in [-0.05, 0) is 25.5 Å². The molecule has 0 aromatic heterocycles. The molecule has 4 heteroatoms. The zero-order valence-electron chi connectivity index (χ0n) is 9.10. The molecule has 1 rings (SSSR count). The van der Waals surface area contributed by atoms with Gasteiger partial charge < -0.3 is 0 Å². The Kier molecular flexibility index (Phi) is 3.88. The monoisotopic (exact) mass is 270 g/mol. The van der Waals surface area contributed by atoms with Gasteiger partial charge in [0.05, 0.1) is 5.41 Å². The van der Waals surface area contributed by atoms with Crippen molar-refractivity contribution in [1.29, 1.82) is 0 Å². The van der Waals surface area contributed by atoms with Crippen molar-refractivity contribution in [2.75, 3.05) is 7.05 Å². The smallest absolute Gasteiger partial charge is 0.244 e. The van der Waals surface area contributed by atoms with Gasteiger partial charge in [-0.2, -0.15) is 0 Å². The van der Waals surface area contributed by atoms with Gasteiger partial charge in [-0.1, -0.05) is 34.1 Å².